The molecule has 1 aliphatic heterocycles. The van der Waals surface area contributed by atoms with E-state index in [0.717, 1.165) is 20.8 Å². The van der Waals surface area contributed by atoms with E-state index in [0.29, 0.717) is 31.4 Å². The van der Waals surface area contributed by atoms with Crippen molar-refractivity contribution in [1.82, 2.24) is 74.0 Å². The predicted octanol–water partition coefficient (Wildman–Crippen LogP) is -4.73. The number of likely N-dealkylation sites (tertiary alicyclic amines) is 1. The average Bonchev–Trinajstić information content (AvgIpc) is 1.64. The number of amides is 14. The van der Waals surface area contributed by atoms with Crippen LogP contribution in [0, 0.1) is 23.7 Å². The second-order valence-corrected chi connectivity index (χ2v) is 28.7. The Hall–Kier alpha value is -10.6. The number of nitrogens with one attached hydrogen (secondary N) is 13. The molecule has 23 N–H and O–H groups in total. The van der Waals surface area contributed by atoms with Gasteiger partial charge in [0.05, 0.1) is 31.7 Å². The van der Waals surface area contributed by atoms with E-state index < -0.39 is 223 Å². The highest BCUT2D eigenvalue weighted by molar-refractivity contribution is 6.01. The highest BCUT2D eigenvalue weighted by Crippen LogP contribution is 2.22. The van der Waals surface area contributed by atoms with Gasteiger partial charge >= 0.3 is 11.9 Å². The van der Waals surface area contributed by atoms with Crippen LogP contribution in [0.15, 0.2) is 48.5 Å². The van der Waals surface area contributed by atoms with Crippen LogP contribution in [0.2, 0.25) is 0 Å². The van der Waals surface area contributed by atoms with Crippen molar-refractivity contribution >= 4 is 94.6 Å². The van der Waals surface area contributed by atoms with Crippen molar-refractivity contribution in [1.29, 1.82) is 0 Å². The number of nitrogens with two attached hydrogens (primary N) is 2. The van der Waals surface area contributed by atoms with E-state index in [9.17, 15) is 107 Å². The fraction of sp³-hybridized carbons (Fsp3) is 0.611. The van der Waals surface area contributed by atoms with E-state index in [2.05, 4.69) is 69.1 Å². The number of carbonyl (C=O) groups is 16. The number of aliphatic carboxylic acids is 2. The Morgan fingerprint density at radius 3 is 1.30 bits per heavy atom. The number of aliphatic hydroxyl groups is 2. The molecule has 0 aliphatic carbocycles. The Balaban J connectivity index is 1.80. The molecule has 1 fully saturated rings. The van der Waals surface area contributed by atoms with Gasteiger partial charge in [-0.15, -0.1) is 0 Å². The lowest BCUT2D eigenvalue weighted by molar-refractivity contribution is -0.143. The molecule has 3 rings (SSSR count). The molecule has 0 aromatic heterocycles. The third-order valence-electron chi connectivity index (χ3n) is 17.8. The molecule has 2 aromatic carbocycles. The van der Waals surface area contributed by atoms with Gasteiger partial charge < -0.3 is 116 Å². The predicted molar refractivity (Wildman–Crippen MR) is 395 cm³/mol. The van der Waals surface area contributed by atoms with Gasteiger partial charge in [-0.1, -0.05) is 79.7 Å². The van der Waals surface area contributed by atoms with Gasteiger partial charge in [0.2, 0.25) is 82.7 Å². The lowest BCUT2D eigenvalue weighted by Gasteiger charge is -2.30. The molecular formula is C72H112N16O22. The number of hydrogen-bond donors (Lipinski definition) is 21. The molecule has 0 bridgehead atoms. The van der Waals surface area contributed by atoms with E-state index in [1.54, 1.807) is 13.8 Å². The first-order valence-corrected chi connectivity index (χ1v) is 36.5. The SMILES string of the molecule is CC(C)C[C@H](NC(=O)CN)C(=O)N[C@@H](CCCCN)C(=O)N1CCC[C@H]1C(=O)NCC(=O)N[C@H](C(=O)N[C@@H](CC(=O)O)C(=O)N[C@@H](Cc1ccc(O)cc1)C(=O)N[C@H](C(=O)N[C@@H](C)C(=O)N[C@H](C(=O)N[C@H](C(=O)N[C@@H](Cc1ccc(O)cc1)C(=O)N[C@@H](C)C(=O)N[C@H](C(=O)O)C(C)C)C(C)C)[C@@H](C)O)[C@@H](C)O)C(C)C. The molecule has 612 valence electrons. The number of phenols is 2. The zero-order valence-corrected chi connectivity index (χ0v) is 64.1. The van der Waals surface area contributed by atoms with Gasteiger partial charge in [0.25, 0.3) is 0 Å². The van der Waals surface area contributed by atoms with Gasteiger partial charge in [0.1, 0.15) is 90.0 Å². The van der Waals surface area contributed by atoms with Crippen LogP contribution in [0.25, 0.3) is 0 Å². The molecule has 0 spiro atoms. The molecule has 0 radical (unpaired) electrons. The standard InChI is InChI=1S/C72H112N16O22/c1-34(2)28-47(78-52(93)32-74)63(100)79-46(16-13-14-26-73)71(108)88-27-15-17-51(88)66(103)75-33-53(94)83-55(35(3)4)67(104)82-50(31-54(95)96)64(101)80-49(30-43-20-24-45(92)25-21-43)65(102)87-58(40(11)89)69(106)77-39(10)61(98)86-59(41(12)90)70(107)84-56(36(5)6)68(105)81-48(29-42-18-22-44(91)23-19-42)62(99)76-38(9)60(97)85-57(37(7)8)72(109)110/h18-25,34-41,46-51,55-59,89-92H,13-17,26-33,73-74H2,1-12H3,(H,75,103)(H,76,99)(H,77,106)(H,78,93)(H,79,100)(H,80,101)(H,81,105)(H,82,104)(H,83,94)(H,84,107)(H,85,97)(H,86,98)(H,87,102)(H,95,96)(H,109,110)/t38-,39-,40+,41+,46-,47-,48-,49-,50-,51-,55-,56-,57-,58-,59-/m0/s1. The number of unbranched alkanes of at least 4 members (excludes halogenated alkanes) is 1. The minimum absolute atomic E-state index is 0.0454. The molecule has 1 aliphatic rings. The summed E-state index contributed by atoms with van der Waals surface area (Å²) in [7, 11) is 0. The highest BCUT2D eigenvalue weighted by Gasteiger charge is 2.41. The Morgan fingerprint density at radius 2 is 0.845 bits per heavy atom. The first-order chi connectivity index (χ1) is 51.5. The average molecular weight is 1550 g/mol. The summed E-state index contributed by atoms with van der Waals surface area (Å²) in [6.07, 6.45) is -3.48. The first-order valence-electron chi connectivity index (χ1n) is 36.5. The molecular weight excluding hydrogens is 1440 g/mol. The second-order valence-electron chi connectivity index (χ2n) is 28.7. The molecule has 110 heavy (non-hydrogen) atoms. The van der Waals surface area contributed by atoms with Crippen LogP contribution < -0.4 is 80.6 Å². The van der Waals surface area contributed by atoms with Crippen LogP contribution in [0.4, 0.5) is 0 Å². The Labute approximate surface area is 637 Å². The van der Waals surface area contributed by atoms with Crippen LogP contribution in [0.1, 0.15) is 139 Å². The van der Waals surface area contributed by atoms with Crippen molar-refractivity contribution < 1.29 is 107 Å². The molecule has 14 amide bonds. The minimum Gasteiger partial charge on any atom is -0.508 e. The van der Waals surface area contributed by atoms with Crippen molar-refractivity contribution in [2.45, 2.75) is 232 Å². The number of carboxylic acid groups (broad SMARTS) is 2. The van der Waals surface area contributed by atoms with E-state index >= 15 is 0 Å². The van der Waals surface area contributed by atoms with E-state index in [1.165, 1.54) is 88.0 Å². The minimum atomic E-state index is -2.00. The summed E-state index contributed by atoms with van der Waals surface area (Å²) in [5.74, 6) is -18.8. The maximum absolute atomic E-state index is 14.4. The number of benzene rings is 2. The molecule has 1 saturated heterocycles. The quantitative estimate of drug-likeness (QED) is 0.0277. The molecule has 38 heteroatoms. The molecule has 1 heterocycles. The molecule has 0 saturated carbocycles. The molecule has 2 aromatic rings. The van der Waals surface area contributed by atoms with Gasteiger partial charge in [-0.25, -0.2) is 4.79 Å². The lowest BCUT2D eigenvalue weighted by atomic mass is 9.99. The Bertz CT molecular complexity index is 3520. The number of carbonyl (C=O) groups excluding carboxylic acids is 14. The lowest BCUT2D eigenvalue weighted by Crippen LogP contribution is -2.63. The monoisotopic (exact) mass is 1550 g/mol. The fourth-order valence-electron chi connectivity index (χ4n) is 11.5. The number of carboxylic acids is 2. The van der Waals surface area contributed by atoms with Crippen molar-refractivity contribution in [2.75, 3.05) is 26.2 Å². The normalized spacial score (nSPS) is 16.5. The van der Waals surface area contributed by atoms with E-state index in [4.69, 9.17) is 11.5 Å². The number of rotatable bonds is 45. The molecule has 0 unspecified atom stereocenters. The maximum atomic E-state index is 14.4. The van der Waals surface area contributed by atoms with Gasteiger partial charge in [0.15, 0.2) is 0 Å². The number of phenolic OH excluding ortho intramolecular Hbond substituents is 2. The third-order valence-corrected chi connectivity index (χ3v) is 17.8. The summed E-state index contributed by atoms with van der Waals surface area (Å²) in [5, 5.41) is 92.9. The zero-order valence-electron chi connectivity index (χ0n) is 64.1. The highest BCUT2D eigenvalue weighted by atomic mass is 16.4. The summed E-state index contributed by atoms with van der Waals surface area (Å²) in [6, 6.07) is -8.95. The van der Waals surface area contributed by atoms with Crippen molar-refractivity contribution in [3.05, 3.63) is 59.7 Å². The fourth-order valence-corrected chi connectivity index (χ4v) is 11.5. The topological polar surface area (TPSA) is 606 Å². The number of hydrogen-bond acceptors (Lipinski definition) is 22. The largest absolute Gasteiger partial charge is 0.508 e. The van der Waals surface area contributed by atoms with Gasteiger partial charge in [-0.3, -0.25) is 71.9 Å². The Kier molecular flexibility index (Phi) is 38.6. The summed E-state index contributed by atoms with van der Waals surface area (Å²) in [4.78, 5) is 218. The van der Waals surface area contributed by atoms with E-state index in [-0.39, 0.29) is 61.8 Å². The van der Waals surface area contributed by atoms with Crippen molar-refractivity contribution in [2.24, 2.45) is 35.1 Å². The summed E-state index contributed by atoms with van der Waals surface area (Å²) in [6.45, 7) is 16.7. The summed E-state index contributed by atoms with van der Waals surface area (Å²) < 4.78 is 0. The smallest absolute Gasteiger partial charge is 0.326 e. The third kappa shape index (κ3) is 30.8. The summed E-state index contributed by atoms with van der Waals surface area (Å²) >= 11 is 0. The van der Waals surface area contributed by atoms with Crippen LogP contribution in [0.5, 0.6) is 11.5 Å². The Morgan fingerprint density at radius 1 is 0.445 bits per heavy atom. The molecule has 38 nitrogen and oxygen atoms in total. The van der Waals surface area contributed by atoms with Gasteiger partial charge in [-0.05, 0) is 132 Å². The van der Waals surface area contributed by atoms with Gasteiger partial charge in [-0.2, -0.15) is 0 Å². The van der Waals surface area contributed by atoms with Crippen molar-refractivity contribution in [3.63, 3.8) is 0 Å². The van der Waals surface area contributed by atoms with Crippen LogP contribution in [0.3, 0.4) is 0 Å². The van der Waals surface area contributed by atoms with Crippen LogP contribution in [-0.4, -0.2) is 247 Å². The van der Waals surface area contributed by atoms with Crippen LogP contribution in [-0.2, 0) is 89.6 Å². The summed E-state index contributed by atoms with van der Waals surface area (Å²) in [5.41, 5.74) is 11.9. The number of aliphatic hydroxyl groups excluding tert-OH is 2. The molecule has 15 atom stereocenters. The first kappa shape index (κ1) is 93.6. The van der Waals surface area contributed by atoms with Crippen LogP contribution >= 0.6 is 0 Å². The van der Waals surface area contributed by atoms with Crippen molar-refractivity contribution in [3.8, 4) is 11.5 Å². The number of aromatic hydroxyl groups is 2. The maximum Gasteiger partial charge on any atom is 0.326 e. The van der Waals surface area contributed by atoms with E-state index in [1.807, 2.05) is 13.8 Å². The number of nitrogens with zero attached hydrogens (tertiary/aromatic N) is 1. The second kappa shape index (κ2) is 45.4. The van der Waals surface area contributed by atoms with Gasteiger partial charge in [0, 0.05) is 19.4 Å². The zero-order chi connectivity index (χ0) is 83.1.